The fourth-order valence-electron chi connectivity index (χ4n) is 4.42. The number of benzene rings is 1. The SMILES string of the molecule is CNC(=O)c1ccc2cc(-c3nc(NCCCC4CCN(CCF)CC4)ncc3C)sc2c1. The van der Waals surface area contributed by atoms with E-state index in [0.717, 1.165) is 58.2 Å². The predicted molar refractivity (Wildman–Crippen MR) is 134 cm³/mol. The lowest BCUT2D eigenvalue weighted by atomic mass is 9.92. The van der Waals surface area contributed by atoms with E-state index in [2.05, 4.69) is 26.6 Å². The smallest absolute Gasteiger partial charge is 0.251 e. The average Bonchev–Trinajstić information content (AvgIpc) is 3.26. The zero-order valence-electron chi connectivity index (χ0n) is 19.4. The number of carbonyl (C=O) groups excluding carboxylic acids is 1. The standard InChI is InChI=1S/C25H32FN5OS/c1-17-16-29-25(28-10-3-4-18-7-11-31(12-8-18)13-9-26)30-23(17)22-14-19-5-6-20(24(32)27-2)15-21(19)33-22/h5-6,14-16,18H,3-4,7-13H2,1-2H3,(H,27,32)(H,28,29,30). The summed E-state index contributed by atoms with van der Waals surface area (Å²) in [5.74, 6) is 1.30. The average molecular weight is 470 g/mol. The van der Waals surface area contributed by atoms with Crippen LogP contribution in [-0.4, -0.2) is 60.7 Å². The summed E-state index contributed by atoms with van der Waals surface area (Å²) in [6.07, 6.45) is 6.45. The van der Waals surface area contributed by atoms with Gasteiger partial charge in [-0.2, -0.15) is 0 Å². The number of hydrogen-bond donors (Lipinski definition) is 2. The zero-order valence-corrected chi connectivity index (χ0v) is 20.2. The summed E-state index contributed by atoms with van der Waals surface area (Å²) in [5, 5.41) is 7.16. The van der Waals surface area contributed by atoms with E-state index in [1.54, 1.807) is 18.4 Å². The molecule has 1 aliphatic rings. The highest BCUT2D eigenvalue weighted by Crippen LogP contribution is 2.35. The quantitative estimate of drug-likeness (QED) is 0.436. The molecule has 2 aromatic heterocycles. The molecule has 1 aromatic carbocycles. The Morgan fingerprint density at radius 2 is 2.09 bits per heavy atom. The van der Waals surface area contributed by atoms with Crippen molar-refractivity contribution in [3.8, 4) is 10.6 Å². The van der Waals surface area contributed by atoms with Crippen molar-refractivity contribution in [2.24, 2.45) is 5.92 Å². The van der Waals surface area contributed by atoms with Gasteiger partial charge in [-0.05, 0) is 80.8 Å². The van der Waals surface area contributed by atoms with Gasteiger partial charge in [0.1, 0.15) is 6.67 Å². The molecule has 176 valence electrons. The number of nitrogens with zero attached hydrogens (tertiary/aromatic N) is 3. The number of alkyl halides is 1. The van der Waals surface area contributed by atoms with Crippen molar-refractivity contribution in [1.29, 1.82) is 0 Å². The van der Waals surface area contributed by atoms with Crippen LogP contribution < -0.4 is 10.6 Å². The van der Waals surface area contributed by atoms with Crippen LogP contribution in [0.1, 0.15) is 41.6 Å². The summed E-state index contributed by atoms with van der Waals surface area (Å²) in [6.45, 7) is 5.24. The van der Waals surface area contributed by atoms with Gasteiger partial charge < -0.3 is 15.5 Å². The van der Waals surface area contributed by atoms with E-state index in [0.29, 0.717) is 18.1 Å². The molecule has 2 N–H and O–H groups in total. The largest absolute Gasteiger partial charge is 0.355 e. The molecule has 33 heavy (non-hydrogen) atoms. The Morgan fingerprint density at radius 3 is 2.85 bits per heavy atom. The molecule has 1 aliphatic heterocycles. The summed E-state index contributed by atoms with van der Waals surface area (Å²) >= 11 is 1.64. The van der Waals surface area contributed by atoms with Crippen molar-refractivity contribution in [1.82, 2.24) is 20.2 Å². The topological polar surface area (TPSA) is 70.2 Å². The molecular formula is C25H32FN5OS. The number of halogens is 1. The molecule has 1 fully saturated rings. The van der Waals surface area contributed by atoms with Gasteiger partial charge in [0, 0.05) is 36.6 Å². The lowest BCUT2D eigenvalue weighted by Gasteiger charge is -2.31. The Hall–Kier alpha value is -2.58. The summed E-state index contributed by atoms with van der Waals surface area (Å²) in [7, 11) is 1.64. The van der Waals surface area contributed by atoms with Crippen molar-refractivity contribution < 1.29 is 9.18 Å². The number of likely N-dealkylation sites (tertiary alicyclic amines) is 1. The molecule has 4 rings (SSSR count). The second-order valence-corrected chi connectivity index (χ2v) is 9.79. The molecule has 1 saturated heterocycles. The summed E-state index contributed by atoms with van der Waals surface area (Å²) in [4.78, 5) is 24.5. The number of aromatic nitrogens is 2. The van der Waals surface area contributed by atoms with E-state index >= 15 is 0 Å². The number of piperidine rings is 1. The Bertz CT molecular complexity index is 1090. The first kappa shape index (κ1) is 23.6. The van der Waals surface area contributed by atoms with E-state index in [1.165, 1.54) is 19.3 Å². The molecular weight excluding hydrogens is 437 g/mol. The minimum atomic E-state index is -0.244. The number of hydrogen-bond acceptors (Lipinski definition) is 6. The van der Waals surface area contributed by atoms with E-state index in [9.17, 15) is 9.18 Å². The summed E-state index contributed by atoms with van der Waals surface area (Å²) in [5.41, 5.74) is 2.61. The minimum Gasteiger partial charge on any atom is -0.355 e. The van der Waals surface area contributed by atoms with Crippen molar-refractivity contribution in [3.63, 3.8) is 0 Å². The monoisotopic (exact) mass is 469 g/mol. The second-order valence-electron chi connectivity index (χ2n) is 8.71. The maximum Gasteiger partial charge on any atom is 0.251 e. The number of rotatable bonds is 9. The number of amides is 1. The van der Waals surface area contributed by atoms with Crippen molar-refractivity contribution >= 4 is 33.3 Å². The van der Waals surface area contributed by atoms with Crippen LogP contribution in [0.5, 0.6) is 0 Å². The third kappa shape index (κ3) is 5.86. The third-order valence-corrected chi connectivity index (χ3v) is 7.50. The maximum absolute atomic E-state index is 12.5. The van der Waals surface area contributed by atoms with Crippen LogP contribution in [0.4, 0.5) is 10.3 Å². The van der Waals surface area contributed by atoms with Gasteiger partial charge >= 0.3 is 0 Å². The molecule has 6 nitrogen and oxygen atoms in total. The van der Waals surface area contributed by atoms with Crippen LogP contribution in [0.2, 0.25) is 0 Å². The molecule has 0 bridgehead atoms. The van der Waals surface area contributed by atoms with Crippen molar-refractivity contribution in [2.75, 3.05) is 45.2 Å². The Morgan fingerprint density at radius 1 is 1.27 bits per heavy atom. The highest BCUT2D eigenvalue weighted by atomic mass is 32.1. The van der Waals surface area contributed by atoms with Crippen molar-refractivity contribution in [3.05, 3.63) is 41.6 Å². The van der Waals surface area contributed by atoms with Gasteiger partial charge in [0.15, 0.2) is 0 Å². The Labute approximate surface area is 198 Å². The van der Waals surface area contributed by atoms with Gasteiger partial charge in [0.25, 0.3) is 5.91 Å². The van der Waals surface area contributed by atoms with E-state index < -0.39 is 0 Å². The lowest BCUT2D eigenvalue weighted by molar-refractivity contribution is 0.0963. The van der Waals surface area contributed by atoms with Crippen LogP contribution in [0.3, 0.4) is 0 Å². The second kappa shape index (κ2) is 11.0. The zero-order chi connectivity index (χ0) is 23.2. The lowest BCUT2D eigenvalue weighted by Crippen LogP contribution is -2.35. The number of carbonyl (C=O) groups is 1. The molecule has 0 saturated carbocycles. The fraction of sp³-hybridized carbons (Fsp3) is 0.480. The summed E-state index contributed by atoms with van der Waals surface area (Å²) in [6, 6.07) is 7.89. The molecule has 1 amide bonds. The molecule has 3 aromatic rings. The molecule has 0 spiro atoms. The normalized spacial score (nSPS) is 15.1. The van der Waals surface area contributed by atoms with E-state index in [-0.39, 0.29) is 12.6 Å². The van der Waals surface area contributed by atoms with Gasteiger partial charge in [0.05, 0.1) is 10.6 Å². The van der Waals surface area contributed by atoms with Crippen LogP contribution in [0.25, 0.3) is 20.7 Å². The van der Waals surface area contributed by atoms with Crippen LogP contribution >= 0.6 is 11.3 Å². The van der Waals surface area contributed by atoms with E-state index in [4.69, 9.17) is 4.98 Å². The van der Waals surface area contributed by atoms with Gasteiger partial charge in [0.2, 0.25) is 5.95 Å². The molecule has 0 unspecified atom stereocenters. The van der Waals surface area contributed by atoms with Gasteiger partial charge in [-0.25, -0.2) is 14.4 Å². The van der Waals surface area contributed by atoms with Crippen LogP contribution in [-0.2, 0) is 0 Å². The Balaban J connectivity index is 1.35. The molecule has 0 radical (unpaired) electrons. The molecule has 0 aliphatic carbocycles. The number of nitrogens with one attached hydrogen (secondary N) is 2. The first-order valence-electron chi connectivity index (χ1n) is 11.7. The Kier molecular flexibility index (Phi) is 7.88. The van der Waals surface area contributed by atoms with Gasteiger partial charge in [-0.3, -0.25) is 4.79 Å². The minimum absolute atomic E-state index is 0.0816. The maximum atomic E-state index is 12.5. The number of aryl methyl sites for hydroxylation is 1. The third-order valence-electron chi connectivity index (χ3n) is 6.39. The number of anilines is 1. The number of thiophene rings is 1. The predicted octanol–water partition coefficient (Wildman–Crippen LogP) is 4.90. The molecule has 3 heterocycles. The van der Waals surface area contributed by atoms with Crippen molar-refractivity contribution in [2.45, 2.75) is 32.6 Å². The van der Waals surface area contributed by atoms with Crippen LogP contribution in [0.15, 0.2) is 30.5 Å². The molecule has 0 atom stereocenters. The summed E-state index contributed by atoms with van der Waals surface area (Å²) < 4.78 is 13.5. The highest BCUT2D eigenvalue weighted by molar-refractivity contribution is 7.22. The first-order chi connectivity index (χ1) is 16.1. The van der Waals surface area contributed by atoms with Crippen LogP contribution in [0, 0.1) is 12.8 Å². The number of fused-ring (bicyclic) bond motifs is 1. The highest BCUT2D eigenvalue weighted by Gasteiger charge is 2.18. The van der Waals surface area contributed by atoms with Gasteiger partial charge in [-0.1, -0.05) is 6.07 Å². The van der Waals surface area contributed by atoms with Gasteiger partial charge in [-0.15, -0.1) is 11.3 Å². The first-order valence-corrected chi connectivity index (χ1v) is 12.5. The van der Waals surface area contributed by atoms with E-state index in [1.807, 2.05) is 31.3 Å². The fourth-order valence-corrected chi connectivity index (χ4v) is 5.58. The molecule has 8 heteroatoms.